The summed E-state index contributed by atoms with van der Waals surface area (Å²) >= 11 is 0. The molecule has 13 heteroatoms. The quantitative estimate of drug-likeness (QED) is 0.298. The third-order valence-electron chi connectivity index (χ3n) is 9.83. The number of hydrogen-bond acceptors (Lipinski definition) is 7. The molecule has 0 spiro atoms. The lowest BCUT2D eigenvalue weighted by molar-refractivity contribution is -0.142. The van der Waals surface area contributed by atoms with Gasteiger partial charge in [0.2, 0.25) is 19.2 Å². The Labute approximate surface area is 276 Å². The number of carbonyl (C=O) groups excluding carboxylic acids is 4. The monoisotopic (exact) mass is 670 g/mol. The highest BCUT2D eigenvalue weighted by molar-refractivity contribution is 7.63. The summed E-state index contributed by atoms with van der Waals surface area (Å²) in [6.45, 7) is 13.5. The van der Waals surface area contributed by atoms with Gasteiger partial charge in [0.25, 0.3) is 0 Å². The zero-order valence-electron chi connectivity index (χ0n) is 27.5. The van der Waals surface area contributed by atoms with E-state index < -0.39 is 66.2 Å². The third kappa shape index (κ3) is 7.14. The van der Waals surface area contributed by atoms with Gasteiger partial charge in [-0.1, -0.05) is 64.5 Å². The molecule has 4 amide bonds. The molecule has 0 radical (unpaired) electrons. The van der Waals surface area contributed by atoms with Crippen LogP contribution in [0.4, 0.5) is 9.59 Å². The van der Waals surface area contributed by atoms with Gasteiger partial charge >= 0.3 is 12.2 Å². The van der Waals surface area contributed by atoms with Gasteiger partial charge < -0.3 is 29.9 Å². The lowest BCUT2D eigenvalue weighted by Crippen LogP contribution is -2.58. The second-order valence-electron chi connectivity index (χ2n) is 14.2. The maximum atomic E-state index is 14.2. The average molecular weight is 671 g/mol. The Hall–Kier alpha value is -3.63. The van der Waals surface area contributed by atoms with Crippen LogP contribution in [0.2, 0.25) is 0 Å². The SMILES string of the molecule is C=C[C@@H]1C[C@]1(NC(=O)[C@@H]1C[C@@H]2CN1C(=O)[C@H](C(C)(C)C)NC(=O)OCCCCCCc1cccc3c1CN(C3)C(=O)O2)P(=O)(O)C=C. The predicted octanol–water partition coefficient (Wildman–Crippen LogP) is 4.80. The number of nitrogens with zero attached hydrogens (tertiary/aromatic N) is 2. The molecule has 1 saturated heterocycles. The number of aryl methyl sites for hydroxylation is 1. The zero-order valence-corrected chi connectivity index (χ0v) is 28.4. The van der Waals surface area contributed by atoms with Gasteiger partial charge in [-0.3, -0.25) is 19.1 Å². The van der Waals surface area contributed by atoms with E-state index in [4.69, 9.17) is 9.47 Å². The van der Waals surface area contributed by atoms with Crippen LogP contribution in [0, 0.1) is 11.3 Å². The molecule has 4 bridgehead atoms. The second-order valence-corrected chi connectivity index (χ2v) is 16.6. The standard InChI is InChI=1S/C34H47N4O8P/c1-6-24-18-34(24,47(43,44)7-2)36-29(39)27-17-25-20-38(27)30(40)28(33(3,4)5)35-31(41)45-16-11-9-8-10-13-22-14-12-15-23-19-37(21-26(22)23)32(42)46-25/h6-7,12,14-15,24-25,27-28H,1-2,8-11,13,16-21H2,3-5H3,(H,35,41)(H,36,39)(H,43,44)/t24-,25-,27+,28-,34+/m1/s1. The van der Waals surface area contributed by atoms with E-state index in [0.717, 1.165) is 42.6 Å². The number of fused-ring (bicyclic) bond motifs is 3. The van der Waals surface area contributed by atoms with Crippen molar-refractivity contribution in [3.63, 3.8) is 0 Å². The van der Waals surface area contributed by atoms with Crippen LogP contribution in [0.1, 0.15) is 76.0 Å². The molecule has 1 saturated carbocycles. The van der Waals surface area contributed by atoms with Crippen LogP contribution in [0.5, 0.6) is 0 Å². The minimum absolute atomic E-state index is 0.0324. The van der Waals surface area contributed by atoms with Crippen molar-refractivity contribution in [1.29, 1.82) is 0 Å². The normalized spacial score (nSPS) is 29.9. The zero-order chi connectivity index (χ0) is 34.1. The molecule has 3 aliphatic heterocycles. The molecule has 4 aliphatic rings. The molecule has 256 valence electrons. The van der Waals surface area contributed by atoms with E-state index in [-0.39, 0.29) is 26.0 Å². The van der Waals surface area contributed by atoms with Crippen molar-refractivity contribution in [2.45, 2.75) is 102 Å². The molecule has 47 heavy (non-hydrogen) atoms. The van der Waals surface area contributed by atoms with E-state index in [0.29, 0.717) is 19.5 Å². The first-order chi connectivity index (χ1) is 22.2. The number of ether oxygens (including phenoxy) is 2. The highest BCUT2D eigenvalue weighted by Crippen LogP contribution is 2.70. The van der Waals surface area contributed by atoms with Crippen LogP contribution < -0.4 is 10.6 Å². The van der Waals surface area contributed by atoms with Crippen molar-refractivity contribution in [1.82, 2.24) is 20.4 Å². The lowest BCUT2D eigenvalue weighted by Gasteiger charge is -2.35. The Balaban J connectivity index is 1.43. The summed E-state index contributed by atoms with van der Waals surface area (Å²) in [5.74, 6) is -0.730. The second kappa shape index (κ2) is 13.5. The first-order valence-electron chi connectivity index (χ1n) is 16.4. The fourth-order valence-corrected chi connectivity index (χ4v) is 8.60. The average Bonchev–Trinajstić information content (AvgIpc) is 3.33. The van der Waals surface area contributed by atoms with Crippen LogP contribution in [-0.2, 0) is 43.1 Å². The molecule has 6 atom stereocenters. The summed E-state index contributed by atoms with van der Waals surface area (Å²) in [7, 11) is -4.05. The van der Waals surface area contributed by atoms with Crippen LogP contribution in [0.25, 0.3) is 0 Å². The topological polar surface area (TPSA) is 155 Å². The molecule has 1 aromatic rings. The van der Waals surface area contributed by atoms with Crippen molar-refractivity contribution < 1.29 is 38.1 Å². The Morgan fingerprint density at radius 1 is 1.13 bits per heavy atom. The summed E-state index contributed by atoms with van der Waals surface area (Å²) in [6.07, 6.45) is 3.88. The highest BCUT2D eigenvalue weighted by Gasteiger charge is 2.65. The summed E-state index contributed by atoms with van der Waals surface area (Å²) in [4.78, 5) is 68.2. The molecular weight excluding hydrogens is 623 g/mol. The molecule has 3 N–H and O–H groups in total. The van der Waals surface area contributed by atoms with Gasteiger partial charge in [-0.2, -0.15) is 0 Å². The molecule has 2 fully saturated rings. The van der Waals surface area contributed by atoms with E-state index in [1.807, 2.05) is 12.1 Å². The highest BCUT2D eigenvalue weighted by atomic mass is 31.2. The largest absolute Gasteiger partial charge is 0.450 e. The minimum atomic E-state index is -4.05. The molecule has 1 aromatic carbocycles. The number of amides is 4. The Morgan fingerprint density at radius 3 is 2.53 bits per heavy atom. The van der Waals surface area contributed by atoms with Crippen molar-refractivity contribution in [3.05, 3.63) is 59.9 Å². The Kier molecular flexibility index (Phi) is 9.94. The van der Waals surface area contributed by atoms with Crippen molar-refractivity contribution in [2.24, 2.45) is 11.3 Å². The molecule has 0 aromatic heterocycles. The molecular formula is C34H47N4O8P. The van der Waals surface area contributed by atoms with Crippen molar-refractivity contribution in [3.8, 4) is 0 Å². The van der Waals surface area contributed by atoms with E-state index in [1.54, 1.807) is 25.7 Å². The van der Waals surface area contributed by atoms with Crippen molar-refractivity contribution >= 4 is 31.4 Å². The molecule has 1 aliphatic carbocycles. The van der Waals surface area contributed by atoms with E-state index in [2.05, 4.69) is 29.9 Å². The molecule has 12 nitrogen and oxygen atoms in total. The first-order valence-corrected chi connectivity index (χ1v) is 18.1. The number of benzene rings is 1. The van der Waals surface area contributed by atoms with Crippen molar-refractivity contribution in [2.75, 3.05) is 13.2 Å². The maximum Gasteiger partial charge on any atom is 0.410 e. The first kappa shape index (κ1) is 34.7. The van der Waals surface area contributed by atoms with Gasteiger partial charge in [-0.05, 0) is 53.6 Å². The minimum Gasteiger partial charge on any atom is -0.450 e. The number of alkyl carbamates (subject to hydrolysis) is 1. The molecule has 3 heterocycles. The number of nitrogens with one attached hydrogen (secondary N) is 2. The van der Waals surface area contributed by atoms with E-state index in [1.165, 1.54) is 16.5 Å². The summed E-state index contributed by atoms with van der Waals surface area (Å²) in [5.41, 5.74) is 2.60. The predicted molar refractivity (Wildman–Crippen MR) is 175 cm³/mol. The number of hydrogen-bond donors (Lipinski definition) is 3. The maximum absolute atomic E-state index is 14.2. The van der Waals surface area contributed by atoms with E-state index in [9.17, 15) is 28.6 Å². The van der Waals surface area contributed by atoms with Crippen LogP contribution in [-0.4, -0.2) is 75.3 Å². The van der Waals surface area contributed by atoms with E-state index >= 15 is 0 Å². The van der Waals surface area contributed by atoms with Gasteiger partial charge in [0.1, 0.15) is 23.5 Å². The van der Waals surface area contributed by atoms with Crippen LogP contribution >= 0.6 is 7.37 Å². The van der Waals surface area contributed by atoms with Crippen LogP contribution in [0.3, 0.4) is 0 Å². The Morgan fingerprint density at radius 2 is 1.85 bits per heavy atom. The fraction of sp³-hybridized carbons (Fsp3) is 0.588. The summed E-state index contributed by atoms with van der Waals surface area (Å²) in [5, 5.41) is 3.97. The van der Waals surface area contributed by atoms with Gasteiger partial charge in [0, 0.05) is 25.4 Å². The Bertz CT molecular complexity index is 1490. The number of rotatable bonds is 5. The van der Waals surface area contributed by atoms with Gasteiger partial charge in [0.05, 0.1) is 13.2 Å². The third-order valence-corrected chi connectivity index (χ3v) is 12.1. The number of carbonyl (C=O) groups is 4. The number of cyclic esters (lactones) is 1. The van der Waals surface area contributed by atoms with Gasteiger partial charge in [0.15, 0.2) is 0 Å². The summed E-state index contributed by atoms with van der Waals surface area (Å²) < 4.78 is 24.5. The molecule has 5 rings (SSSR count). The summed E-state index contributed by atoms with van der Waals surface area (Å²) in [6, 6.07) is 3.88. The van der Waals surface area contributed by atoms with Crippen LogP contribution in [0.15, 0.2) is 43.3 Å². The lowest BCUT2D eigenvalue weighted by atomic mass is 9.85. The van der Waals surface area contributed by atoms with Gasteiger partial charge in [-0.25, -0.2) is 9.59 Å². The smallest absolute Gasteiger partial charge is 0.410 e. The molecule has 1 unspecified atom stereocenters. The van der Waals surface area contributed by atoms with Gasteiger partial charge in [-0.15, -0.1) is 6.58 Å². The fourth-order valence-electron chi connectivity index (χ4n) is 6.96.